The molecule has 0 aliphatic heterocycles. The Balaban J connectivity index is 1.98. The predicted molar refractivity (Wildman–Crippen MR) is 82.3 cm³/mol. The van der Waals surface area contributed by atoms with Crippen LogP contribution in [-0.4, -0.2) is 6.54 Å². The van der Waals surface area contributed by atoms with E-state index in [9.17, 15) is 0 Å². The van der Waals surface area contributed by atoms with E-state index in [1.165, 1.54) is 21.4 Å². The molecule has 0 saturated carbocycles. The molecule has 0 aliphatic rings. The van der Waals surface area contributed by atoms with Gasteiger partial charge >= 0.3 is 0 Å². The van der Waals surface area contributed by atoms with E-state index in [1.807, 2.05) is 11.3 Å². The molecule has 1 aromatic carbocycles. The second-order valence-electron chi connectivity index (χ2n) is 6.17. The molecule has 1 atom stereocenters. The van der Waals surface area contributed by atoms with Crippen molar-refractivity contribution in [2.45, 2.75) is 40.2 Å². The van der Waals surface area contributed by atoms with Gasteiger partial charge in [-0.25, -0.2) is 0 Å². The van der Waals surface area contributed by atoms with Crippen LogP contribution in [0.15, 0.2) is 30.3 Å². The molecule has 98 valence electrons. The zero-order chi connectivity index (χ0) is 13.2. The molecule has 18 heavy (non-hydrogen) atoms. The molecule has 0 fully saturated rings. The van der Waals surface area contributed by atoms with Crippen LogP contribution in [0.4, 0.5) is 0 Å². The zero-order valence-electron chi connectivity index (χ0n) is 11.8. The molecule has 1 nitrogen and oxygen atoms in total. The maximum atomic E-state index is 3.63. The molecular formula is C16H23NS. The fourth-order valence-electron chi connectivity index (χ4n) is 1.98. The maximum absolute atomic E-state index is 3.63. The van der Waals surface area contributed by atoms with Crippen molar-refractivity contribution in [2.24, 2.45) is 5.41 Å². The molecule has 1 aromatic heterocycles. The second kappa shape index (κ2) is 5.41. The molecule has 0 saturated heterocycles. The molecule has 2 rings (SSSR count). The Labute approximate surface area is 114 Å². The molecule has 0 bridgehead atoms. The Kier molecular flexibility index (Phi) is 4.08. The van der Waals surface area contributed by atoms with Crippen LogP contribution >= 0.6 is 11.3 Å². The Morgan fingerprint density at radius 2 is 1.94 bits per heavy atom. The van der Waals surface area contributed by atoms with Gasteiger partial charge in [0.05, 0.1) is 0 Å². The van der Waals surface area contributed by atoms with E-state index < -0.39 is 0 Å². The lowest BCUT2D eigenvalue weighted by molar-refractivity contribution is 0.358. The first kappa shape index (κ1) is 13.6. The van der Waals surface area contributed by atoms with E-state index in [1.54, 1.807) is 0 Å². The van der Waals surface area contributed by atoms with Gasteiger partial charge < -0.3 is 5.32 Å². The summed E-state index contributed by atoms with van der Waals surface area (Å²) in [6.45, 7) is 10.2. The van der Waals surface area contributed by atoms with Gasteiger partial charge in [0.1, 0.15) is 0 Å². The van der Waals surface area contributed by atoms with Crippen molar-refractivity contribution < 1.29 is 0 Å². The average Bonchev–Trinajstić information content (AvgIpc) is 2.70. The molecule has 1 N–H and O–H groups in total. The first-order valence-corrected chi connectivity index (χ1v) is 7.49. The third kappa shape index (κ3) is 3.56. The normalized spacial score (nSPS) is 14.0. The number of rotatable bonds is 4. The van der Waals surface area contributed by atoms with Crippen LogP contribution < -0.4 is 5.32 Å². The number of fused-ring (bicyclic) bond motifs is 1. The molecule has 0 radical (unpaired) electrons. The van der Waals surface area contributed by atoms with E-state index in [0.717, 1.165) is 6.54 Å². The Morgan fingerprint density at radius 3 is 2.61 bits per heavy atom. The van der Waals surface area contributed by atoms with Crippen LogP contribution in [0, 0.1) is 5.41 Å². The van der Waals surface area contributed by atoms with Gasteiger partial charge in [-0.2, -0.15) is 0 Å². The lowest BCUT2D eigenvalue weighted by Crippen LogP contribution is -2.23. The summed E-state index contributed by atoms with van der Waals surface area (Å²) in [4.78, 5) is 1.44. The number of thiophene rings is 1. The van der Waals surface area contributed by atoms with Crippen LogP contribution in [0.3, 0.4) is 0 Å². The number of nitrogens with one attached hydrogen (secondary N) is 1. The van der Waals surface area contributed by atoms with E-state index in [-0.39, 0.29) is 0 Å². The van der Waals surface area contributed by atoms with Crippen molar-refractivity contribution in [1.82, 2.24) is 5.32 Å². The third-order valence-electron chi connectivity index (χ3n) is 3.20. The first-order chi connectivity index (χ1) is 8.46. The lowest BCUT2D eigenvalue weighted by atomic mass is 9.92. The fraction of sp³-hybridized carbons (Fsp3) is 0.500. The van der Waals surface area contributed by atoms with Crippen molar-refractivity contribution >= 4 is 21.4 Å². The quantitative estimate of drug-likeness (QED) is 0.817. The van der Waals surface area contributed by atoms with Crippen LogP contribution in [0.25, 0.3) is 10.1 Å². The summed E-state index contributed by atoms with van der Waals surface area (Å²) in [7, 11) is 0. The Hall–Kier alpha value is -0.860. The Bertz CT molecular complexity index is 474. The summed E-state index contributed by atoms with van der Waals surface area (Å²) in [6, 6.07) is 11.4. The van der Waals surface area contributed by atoms with Gasteiger partial charge in [0.15, 0.2) is 0 Å². The predicted octanol–water partition coefficient (Wildman–Crippen LogP) is 4.99. The lowest BCUT2D eigenvalue weighted by Gasteiger charge is -2.20. The first-order valence-electron chi connectivity index (χ1n) is 6.67. The van der Waals surface area contributed by atoms with Crippen molar-refractivity contribution in [2.75, 3.05) is 6.54 Å². The number of benzene rings is 1. The van der Waals surface area contributed by atoms with Gasteiger partial charge in [0.25, 0.3) is 0 Å². The Morgan fingerprint density at radius 1 is 1.22 bits per heavy atom. The standard InChI is InChI=1S/C16H23NS/c1-12(17-10-9-16(2,3)4)15-11-13-7-5-6-8-14(13)18-15/h5-8,11-12,17H,9-10H2,1-4H3. The number of hydrogen-bond donors (Lipinski definition) is 1. The largest absolute Gasteiger partial charge is 0.309 e. The molecular weight excluding hydrogens is 238 g/mol. The molecule has 0 amide bonds. The number of hydrogen-bond acceptors (Lipinski definition) is 2. The second-order valence-corrected chi connectivity index (χ2v) is 7.29. The van der Waals surface area contributed by atoms with E-state index in [4.69, 9.17) is 0 Å². The highest BCUT2D eigenvalue weighted by molar-refractivity contribution is 7.19. The van der Waals surface area contributed by atoms with Gasteiger partial charge in [-0.1, -0.05) is 39.0 Å². The van der Waals surface area contributed by atoms with Gasteiger partial charge in [0, 0.05) is 15.6 Å². The fourth-order valence-corrected chi connectivity index (χ4v) is 3.07. The molecule has 2 heteroatoms. The zero-order valence-corrected chi connectivity index (χ0v) is 12.6. The van der Waals surface area contributed by atoms with Crippen LogP contribution in [-0.2, 0) is 0 Å². The maximum Gasteiger partial charge on any atom is 0.0386 e. The smallest absolute Gasteiger partial charge is 0.0386 e. The van der Waals surface area contributed by atoms with Gasteiger partial charge in [-0.05, 0) is 42.8 Å². The molecule has 1 unspecified atom stereocenters. The minimum absolute atomic E-state index is 0.410. The highest BCUT2D eigenvalue weighted by atomic mass is 32.1. The minimum Gasteiger partial charge on any atom is -0.309 e. The van der Waals surface area contributed by atoms with Crippen molar-refractivity contribution in [3.05, 3.63) is 35.2 Å². The summed E-state index contributed by atoms with van der Waals surface area (Å²) in [6.07, 6.45) is 1.21. The topological polar surface area (TPSA) is 12.0 Å². The van der Waals surface area contributed by atoms with E-state index in [0.29, 0.717) is 11.5 Å². The third-order valence-corrected chi connectivity index (χ3v) is 4.50. The summed E-state index contributed by atoms with van der Waals surface area (Å²) >= 11 is 1.90. The summed E-state index contributed by atoms with van der Waals surface area (Å²) < 4.78 is 1.39. The monoisotopic (exact) mass is 261 g/mol. The van der Waals surface area contributed by atoms with Gasteiger partial charge in [-0.3, -0.25) is 0 Å². The van der Waals surface area contributed by atoms with Crippen LogP contribution in [0.1, 0.15) is 45.0 Å². The summed E-state index contributed by atoms with van der Waals surface area (Å²) in [5.41, 5.74) is 0.410. The molecule has 2 aromatic rings. The van der Waals surface area contributed by atoms with Gasteiger partial charge in [0.2, 0.25) is 0 Å². The SMILES string of the molecule is CC(NCCC(C)(C)C)c1cc2ccccc2s1. The summed E-state index contributed by atoms with van der Waals surface area (Å²) in [5.74, 6) is 0. The van der Waals surface area contributed by atoms with Crippen LogP contribution in [0.2, 0.25) is 0 Å². The highest BCUT2D eigenvalue weighted by Crippen LogP contribution is 2.29. The minimum atomic E-state index is 0.410. The van der Waals surface area contributed by atoms with Gasteiger partial charge in [-0.15, -0.1) is 11.3 Å². The highest BCUT2D eigenvalue weighted by Gasteiger charge is 2.12. The van der Waals surface area contributed by atoms with Crippen molar-refractivity contribution in [1.29, 1.82) is 0 Å². The van der Waals surface area contributed by atoms with Crippen molar-refractivity contribution in [3.63, 3.8) is 0 Å². The summed E-state index contributed by atoms with van der Waals surface area (Å²) in [5, 5.41) is 4.99. The molecule has 0 aliphatic carbocycles. The van der Waals surface area contributed by atoms with Crippen molar-refractivity contribution in [3.8, 4) is 0 Å². The molecule has 0 spiro atoms. The average molecular weight is 261 g/mol. The van der Waals surface area contributed by atoms with Crippen LogP contribution in [0.5, 0.6) is 0 Å². The molecule has 1 heterocycles. The van der Waals surface area contributed by atoms with E-state index >= 15 is 0 Å². The van der Waals surface area contributed by atoms with E-state index in [2.05, 4.69) is 63.3 Å².